The molecule has 114 valence electrons. The van der Waals surface area contributed by atoms with E-state index in [1.807, 2.05) is 18.4 Å². The van der Waals surface area contributed by atoms with Crippen molar-refractivity contribution in [3.05, 3.63) is 56.2 Å². The summed E-state index contributed by atoms with van der Waals surface area (Å²) in [5, 5.41) is 5.24. The Bertz CT molecular complexity index is 595. The van der Waals surface area contributed by atoms with E-state index in [-0.39, 0.29) is 6.04 Å². The average Bonchev–Trinajstić information content (AvgIpc) is 2.83. The van der Waals surface area contributed by atoms with Crippen LogP contribution in [0.2, 0.25) is 0 Å². The molecule has 21 heavy (non-hydrogen) atoms. The number of benzene rings is 1. The van der Waals surface area contributed by atoms with Crippen LogP contribution in [0.3, 0.4) is 0 Å². The second-order valence-electron chi connectivity index (χ2n) is 4.67. The highest BCUT2D eigenvalue weighted by atomic mass is 79.9. The van der Waals surface area contributed by atoms with E-state index in [1.54, 1.807) is 17.4 Å². The normalized spacial score (nSPS) is 13.4. The molecular weight excluding hydrogens is 363 g/mol. The van der Waals surface area contributed by atoms with Gasteiger partial charge >= 0.3 is 6.18 Å². The van der Waals surface area contributed by atoms with Gasteiger partial charge in [0.15, 0.2) is 0 Å². The fraction of sp³-hybridized carbons (Fsp3) is 0.333. The predicted molar refractivity (Wildman–Crippen MR) is 83.6 cm³/mol. The van der Waals surface area contributed by atoms with Crippen LogP contribution in [0, 0.1) is 0 Å². The van der Waals surface area contributed by atoms with E-state index in [0.29, 0.717) is 18.5 Å². The van der Waals surface area contributed by atoms with E-state index in [1.165, 1.54) is 12.1 Å². The number of likely N-dealkylation sites (N-methyl/N-ethyl adjacent to an activating group) is 1. The zero-order valence-corrected chi connectivity index (χ0v) is 13.8. The maximum atomic E-state index is 12.8. The van der Waals surface area contributed by atoms with E-state index >= 15 is 0 Å². The molecule has 2 rings (SSSR count). The molecule has 1 aromatic carbocycles. The van der Waals surface area contributed by atoms with E-state index in [9.17, 15) is 13.2 Å². The Morgan fingerprint density at radius 1 is 1.29 bits per heavy atom. The Labute approximate surface area is 134 Å². The van der Waals surface area contributed by atoms with Crippen LogP contribution in [0.1, 0.15) is 29.0 Å². The Balaban J connectivity index is 2.25. The zero-order chi connectivity index (χ0) is 15.5. The van der Waals surface area contributed by atoms with Crippen LogP contribution in [-0.2, 0) is 12.6 Å². The second kappa shape index (κ2) is 6.94. The minimum absolute atomic E-state index is 0.122. The molecule has 1 heterocycles. The van der Waals surface area contributed by atoms with Crippen molar-refractivity contribution in [3.8, 4) is 0 Å². The monoisotopic (exact) mass is 377 g/mol. The molecule has 0 fully saturated rings. The van der Waals surface area contributed by atoms with Gasteiger partial charge in [-0.1, -0.05) is 19.1 Å². The molecule has 1 aromatic heterocycles. The molecule has 6 heteroatoms. The molecule has 0 amide bonds. The lowest BCUT2D eigenvalue weighted by Crippen LogP contribution is -2.23. The molecule has 0 spiro atoms. The lowest BCUT2D eigenvalue weighted by Gasteiger charge is -2.19. The quantitative estimate of drug-likeness (QED) is 0.732. The molecule has 1 atom stereocenters. The summed E-state index contributed by atoms with van der Waals surface area (Å²) in [5.74, 6) is 0. The lowest BCUT2D eigenvalue weighted by atomic mass is 10.0. The van der Waals surface area contributed by atoms with Crippen LogP contribution in [-0.4, -0.2) is 6.54 Å². The van der Waals surface area contributed by atoms with Gasteiger partial charge in [-0.15, -0.1) is 11.3 Å². The first-order chi connectivity index (χ1) is 9.90. The van der Waals surface area contributed by atoms with Gasteiger partial charge in [-0.25, -0.2) is 0 Å². The second-order valence-corrected chi connectivity index (χ2v) is 6.58. The van der Waals surface area contributed by atoms with E-state index in [4.69, 9.17) is 0 Å². The molecule has 1 nitrogen and oxygen atoms in total. The Kier molecular flexibility index (Phi) is 5.46. The smallest absolute Gasteiger partial charge is 0.310 e. The average molecular weight is 378 g/mol. The number of nitrogens with one attached hydrogen (secondary N) is 1. The summed E-state index contributed by atoms with van der Waals surface area (Å²) in [4.78, 5) is 1.13. The highest BCUT2D eigenvalue weighted by Gasteiger charge is 2.31. The van der Waals surface area contributed by atoms with Gasteiger partial charge in [-0.3, -0.25) is 0 Å². The SMILES string of the molecule is CCNC(Cc1cc(Br)cs1)c1cccc(C(F)(F)F)c1. The van der Waals surface area contributed by atoms with Crippen molar-refractivity contribution in [2.75, 3.05) is 6.54 Å². The molecule has 0 saturated carbocycles. The fourth-order valence-corrected chi connectivity index (χ4v) is 3.65. The number of alkyl halides is 3. The highest BCUT2D eigenvalue weighted by Crippen LogP contribution is 2.32. The summed E-state index contributed by atoms with van der Waals surface area (Å²) >= 11 is 5.00. The van der Waals surface area contributed by atoms with E-state index in [2.05, 4.69) is 21.2 Å². The number of rotatable bonds is 5. The molecule has 0 bridgehead atoms. The van der Waals surface area contributed by atoms with Crippen LogP contribution in [0.4, 0.5) is 13.2 Å². The van der Waals surface area contributed by atoms with Crippen molar-refractivity contribution in [2.24, 2.45) is 0 Å². The molecule has 1 N–H and O–H groups in total. The van der Waals surface area contributed by atoms with Gasteiger partial charge in [-0.2, -0.15) is 13.2 Å². The summed E-state index contributed by atoms with van der Waals surface area (Å²) in [6.07, 6.45) is -3.63. The van der Waals surface area contributed by atoms with Crippen molar-refractivity contribution in [2.45, 2.75) is 25.6 Å². The maximum Gasteiger partial charge on any atom is 0.416 e. The summed E-state index contributed by atoms with van der Waals surface area (Å²) in [6.45, 7) is 2.65. The van der Waals surface area contributed by atoms with Crippen LogP contribution < -0.4 is 5.32 Å². The molecule has 1 unspecified atom stereocenters. The molecule has 0 aliphatic carbocycles. The fourth-order valence-electron chi connectivity index (χ4n) is 2.15. The Hall–Kier alpha value is -0.850. The Morgan fingerprint density at radius 2 is 2.05 bits per heavy atom. The minimum atomic E-state index is -4.31. The topological polar surface area (TPSA) is 12.0 Å². The van der Waals surface area contributed by atoms with Gasteiger partial charge in [0, 0.05) is 27.2 Å². The largest absolute Gasteiger partial charge is 0.416 e. The first-order valence-electron chi connectivity index (χ1n) is 6.53. The van der Waals surface area contributed by atoms with E-state index in [0.717, 1.165) is 15.4 Å². The lowest BCUT2D eigenvalue weighted by molar-refractivity contribution is -0.137. The van der Waals surface area contributed by atoms with Crippen LogP contribution in [0.5, 0.6) is 0 Å². The van der Waals surface area contributed by atoms with Crippen LogP contribution in [0.25, 0.3) is 0 Å². The van der Waals surface area contributed by atoms with E-state index < -0.39 is 11.7 Å². The molecule has 0 saturated heterocycles. The van der Waals surface area contributed by atoms with Gasteiger partial charge in [0.05, 0.1) is 5.56 Å². The van der Waals surface area contributed by atoms with Gasteiger partial charge in [0.1, 0.15) is 0 Å². The van der Waals surface area contributed by atoms with Crippen molar-refractivity contribution in [1.82, 2.24) is 5.32 Å². The standard InChI is InChI=1S/C15H15BrF3NS/c1-2-20-14(8-13-7-12(16)9-21-13)10-4-3-5-11(6-10)15(17,18)19/h3-7,9,14,20H,2,8H2,1H3. The third-order valence-electron chi connectivity index (χ3n) is 3.09. The molecule has 0 aliphatic rings. The number of hydrogen-bond acceptors (Lipinski definition) is 2. The van der Waals surface area contributed by atoms with Crippen LogP contribution in [0.15, 0.2) is 40.2 Å². The van der Waals surface area contributed by atoms with Gasteiger partial charge in [-0.05, 0) is 46.2 Å². The van der Waals surface area contributed by atoms with Crippen molar-refractivity contribution >= 4 is 27.3 Å². The summed E-state index contributed by atoms with van der Waals surface area (Å²) in [6, 6.07) is 7.42. The van der Waals surface area contributed by atoms with Gasteiger partial charge in [0.2, 0.25) is 0 Å². The van der Waals surface area contributed by atoms with Crippen molar-refractivity contribution in [3.63, 3.8) is 0 Å². The first-order valence-corrected chi connectivity index (χ1v) is 8.21. The summed E-state index contributed by atoms with van der Waals surface area (Å²) < 4.78 is 39.5. The third-order valence-corrected chi connectivity index (χ3v) is 4.81. The van der Waals surface area contributed by atoms with Crippen molar-refractivity contribution in [1.29, 1.82) is 0 Å². The number of halogens is 4. The van der Waals surface area contributed by atoms with Crippen LogP contribution >= 0.6 is 27.3 Å². The third kappa shape index (κ3) is 4.56. The van der Waals surface area contributed by atoms with Crippen molar-refractivity contribution < 1.29 is 13.2 Å². The first kappa shape index (κ1) is 16.5. The molecule has 2 aromatic rings. The molecular formula is C15H15BrF3NS. The summed E-state index contributed by atoms with van der Waals surface area (Å²) in [5.41, 5.74) is 0.0615. The highest BCUT2D eigenvalue weighted by molar-refractivity contribution is 9.10. The van der Waals surface area contributed by atoms with Gasteiger partial charge < -0.3 is 5.32 Å². The van der Waals surface area contributed by atoms with Gasteiger partial charge in [0.25, 0.3) is 0 Å². The molecule has 0 aliphatic heterocycles. The molecule has 0 radical (unpaired) electrons. The maximum absolute atomic E-state index is 12.8. The summed E-state index contributed by atoms with van der Waals surface area (Å²) in [7, 11) is 0. The number of hydrogen-bond donors (Lipinski definition) is 1. The number of thiophene rings is 1. The Morgan fingerprint density at radius 3 is 2.62 bits per heavy atom. The zero-order valence-electron chi connectivity index (χ0n) is 11.4. The minimum Gasteiger partial charge on any atom is -0.310 e. The predicted octanol–water partition coefficient (Wildman–Crippen LogP) is 5.42.